The lowest BCUT2D eigenvalue weighted by atomic mass is 9.97. The fourth-order valence-corrected chi connectivity index (χ4v) is 3.74. The molecular weight excluding hydrogens is 316 g/mol. The molecule has 2 amide bonds. The zero-order valence-corrected chi connectivity index (χ0v) is 14.7. The van der Waals surface area contributed by atoms with E-state index in [2.05, 4.69) is 22.3 Å². The monoisotopic (exact) mass is 344 g/mol. The Hall–Kier alpha value is -2.08. The van der Waals surface area contributed by atoms with E-state index in [4.69, 9.17) is 5.73 Å². The minimum Gasteiger partial charge on any atom is -0.372 e. The largest absolute Gasteiger partial charge is 0.372 e. The highest BCUT2D eigenvalue weighted by atomic mass is 16.2. The van der Waals surface area contributed by atoms with E-state index >= 15 is 0 Å². The second-order valence-electron chi connectivity index (χ2n) is 7.12. The highest BCUT2D eigenvalue weighted by molar-refractivity contribution is 5.92. The maximum atomic E-state index is 12.3. The first-order valence-electron chi connectivity index (χ1n) is 9.28. The van der Waals surface area contributed by atoms with Crippen molar-refractivity contribution in [2.75, 3.05) is 42.9 Å². The van der Waals surface area contributed by atoms with Crippen LogP contribution in [0, 0.1) is 5.92 Å². The van der Waals surface area contributed by atoms with Crippen molar-refractivity contribution in [3.05, 3.63) is 24.3 Å². The number of piperidine rings is 2. The summed E-state index contributed by atoms with van der Waals surface area (Å²) < 4.78 is 0. The van der Waals surface area contributed by atoms with Crippen molar-refractivity contribution >= 4 is 23.2 Å². The lowest BCUT2D eigenvalue weighted by molar-refractivity contribution is -0.125. The maximum absolute atomic E-state index is 12.3. The molecule has 0 bridgehead atoms. The molecule has 2 aliphatic rings. The molecule has 6 heteroatoms. The van der Waals surface area contributed by atoms with Crippen molar-refractivity contribution in [3.63, 3.8) is 0 Å². The van der Waals surface area contributed by atoms with Crippen LogP contribution < -0.4 is 16.0 Å². The zero-order valence-electron chi connectivity index (χ0n) is 14.7. The van der Waals surface area contributed by atoms with E-state index in [1.807, 2.05) is 17.0 Å². The third-order valence-electron chi connectivity index (χ3n) is 5.15. The SMILES string of the molecule is NC(=O)[C@@H]1CCCN(CC(=O)Nc2ccc(N3CCCCC3)cc2)C1. The normalized spacial score (nSPS) is 21.8. The van der Waals surface area contributed by atoms with Crippen molar-refractivity contribution in [1.29, 1.82) is 0 Å². The summed E-state index contributed by atoms with van der Waals surface area (Å²) in [5, 5.41) is 2.95. The van der Waals surface area contributed by atoms with Gasteiger partial charge < -0.3 is 16.0 Å². The molecule has 6 nitrogen and oxygen atoms in total. The summed E-state index contributed by atoms with van der Waals surface area (Å²) in [7, 11) is 0. The number of anilines is 2. The average molecular weight is 344 g/mol. The lowest BCUT2D eigenvalue weighted by Crippen LogP contribution is -2.44. The third kappa shape index (κ3) is 4.95. The smallest absolute Gasteiger partial charge is 0.238 e. The minimum atomic E-state index is -0.265. The van der Waals surface area contributed by atoms with Crippen LogP contribution in [0.5, 0.6) is 0 Å². The van der Waals surface area contributed by atoms with Gasteiger partial charge in [0.15, 0.2) is 0 Å². The molecule has 3 N–H and O–H groups in total. The molecule has 136 valence electrons. The number of benzene rings is 1. The van der Waals surface area contributed by atoms with Crippen molar-refractivity contribution < 1.29 is 9.59 Å². The van der Waals surface area contributed by atoms with Gasteiger partial charge in [0.25, 0.3) is 0 Å². The van der Waals surface area contributed by atoms with Crippen LogP contribution in [-0.4, -0.2) is 49.4 Å². The van der Waals surface area contributed by atoms with Crippen LogP contribution in [0.4, 0.5) is 11.4 Å². The number of amides is 2. The second kappa shape index (κ2) is 8.34. The first-order valence-corrected chi connectivity index (χ1v) is 9.28. The molecule has 1 aromatic rings. The first kappa shape index (κ1) is 17.7. The number of carbonyl (C=O) groups excluding carboxylic acids is 2. The van der Waals surface area contributed by atoms with E-state index in [0.29, 0.717) is 13.1 Å². The standard InChI is InChI=1S/C19H28N4O2/c20-19(25)15-5-4-10-22(13-15)14-18(24)21-16-6-8-17(9-7-16)23-11-2-1-3-12-23/h6-9,15H,1-5,10-14H2,(H2,20,25)(H,21,24)/t15-/m1/s1. The molecule has 2 aliphatic heterocycles. The van der Waals surface area contributed by atoms with Gasteiger partial charge in [-0.15, -0.1) is 0 Å². The number of nitrogens with one attached hydrogen (secondary N) is 1. The van der Waals surface area contributed by atoms with Gasteiger partial charge >= 0.3 is 0 Å². The fourth-order valence-electron chi connectivity index (χ4n) is 3.74. The molecule has 0 aromatic heterocycles. The molecule has 0 unspecified atom stereocenters. The number of hydrogen-bond donors (Lipinski definition) is 2. The van der Waals surface area contributed by atoms with Gasteiger partial charge in [0, 0.05) is 31.0 Å². The van der Waals surface area contributed by atoms with Crippen molar-refractivity contribution in [1.82, 2.24) is 4.90 Å². The number of likely N-dealkylation sites (tertiary alicyclic amines) is 1. The Bertz CT molecular complexity index is 596. The Kier molecular flexibility index (Phi) is 5.91. The summed E-state index contributed by atoms with van der Waals surface area (Å²) in [5.74, 6) is -0.445. The van der Waals surface area contributed by atoms with E-state index < -0.39 is 0 Å². The van der Waals surface area contributed by atoms with Gasteiger partial charge in [-0.25, -0.2) is 0 Å². The predicted molar refractivity (Wildman–Crippen MR) is 99.5 cm³/mol. The summed E-state index contributed by atoms with van der Waals surface area (Å²) >= 11 is 0. The van der Waals surface area contributed by atoms with Gasteiger partial charge in [0.2, 0.25) is 11.8 Å². The minimum absolute atomic E-state index is 0.0455. The molecule has 1 aromatic carbocycles. The van der Waals surface area contributed by atoms with E-state index in [-0.39, 0.29) is 17.7 Å². The van der Waals surface area contributed by atoms with E-state index in [0.717, 1.165) is 38.2 Å². The number of nitrogens with two attached hydrogens (primary N) is 1. The molecule has 1 atom stereocenters. The van der Waals surface area contributed by atoms with Crippen molar-refractivity contribution in [2.45, 2.75) is 32.1 Å². The number of rotatable bonds is 5. The Morgan fingerprint density at radius 2 is 1.76 bits per heavy atom. The van der Waals surface area contributed by atoms with Gasteiger partial charge in [0.05, 0.1) is 12.5 Å². The first-order chi connectivity index (χ1) is 12.1. The van der Waals surface area contributed by atoms with E-state index in [9.17, 15) is 9.59 Å². The van der Waals surface area contributed by atoms with E-state index in [1.165, 1.54) is 24.9 Å². The van der Waals surface area contributed by atoms with Gasteiger partial charge in [-0.2, -0.15) is 0 Å². The van der Waals surface area contributed by atoms with Crippen LogP contribution in [0.25, 0.3) is 0 Å². The highest BCUT2D eigenvalue weighted by Gasteiger charge is 2.25. The number of hydrogen-bond acceptors (Lipinski definition) is 4. The Labute approximate surface area is 149 Å². The molecule has 25 heavy (non-hydrogen) atoms. The van der Waals surface area contributed by atoms with Crippen molar-refractivity contribution in [3.8, 4) is 0 Å². The third-order valence-corrected chi connectivity index (χ3v) is 5.15. The summed E-state index contributed by atoms with van der Waals surface area (Å²) in [6.45, 7) is 3.95. The number of carbonyl (C=O) groups is 2. The molecule has 2 saturated heterocycles. The molecule has 3 rings (SSSR count). The van der Waals surface area contributed by atoms with Gasteiger partial charge in [-0.05, 0) is 62.9 Å². The van der Waals surface area contributed by atoms with Crippen LogP contribution in [0.3, 0.4) is 0 Å². The van der Waals surface area contributed by atoms with Gasteiger partial charge in [-0.1, -0.05) is 0 Å². The van der Waals surface area contributed by atoms with Crippen LogP contribution in [0.15, 0.2) is 24.3 Å². The number of nitrogens with zero attached hydrogens (tertiary/aromatic N) is 2. The predicted octanol–water partition coefficient (Wildman–Crippen LogP) is 1.81. The topological polar surface area (TPSA) is 78.7 Å². The van der Waals surface area contributed by atoms with Gasteiger partial charge in [-0.3, -0.25) is 14.5 Å². The summed E-state index contributed by atoms with van der Waals surface area (Å²) in [6, 6.07) is 8.07. The summed E-state index contributed by atoms with van der Waals surface area (Å²) in [5.41, 5.74) is 7.42. The van der Waals surface area contributed by atoms with Crippen LogP contribution in [0.1, 0.15) is 32.1 Å². The molecule has 0 saturated carbocycles. The average Bonchev–Trinajstić information content (AvgIpc) is 2.63. The van der Waals surface area contributed by atoms with Crippen molar-refractivity contribution in [2.24, 2.45) is 11.7 Å². The Balaban J connectivity index is 1.50. The Morgan fingerprint density at radius 1 is 1.04 bits per heavy atom. The zero-order chi connectivity index (χ0) is 17.6. The lowest BCUT2D eigenvalue weighted by Gasteiger charge is -2.30. The molecule has 0 spiro atoms. The maximum Gasteiger partial charge on any atom is 0.238 e. The number of primary amides is 1. The molecule has 0 aliphatic carbocycles. The van der Waals surface area contributed by atoms with E-state index in [1.54, 1.807) is 0 Å². The molecular formula is C19H28N4O2. The summed E-state index contributed by atoms with van der Waals surface area (Å²) in [6.07, 6.45) is 5.55. The quantitative estimate of drug-likeness (QED) is 0.854. The molecule has 0 radical (unpaired) electrons. The molecule has 2 heterocycles. The van der Waals surface area contributed by atoms with Crippen LogP contribution in [-0.2, 0) is 9.59 Å². The highest BCUT2D eigenvalue weighted by Crippen LogP contribution is 2.22. The van der Waals surface area contributed by atoms with Crippen LogP contribution >= 0.6 is 0 Å². The summed E-state index contributed by atoms with van der Waals surface area (Å²) in [4.78, 5) is 28.0. The second-order valence-corrected chi connectivity index (χ2v) is 7.12. The van der Waals surface area contributed by atoms with Crippen LogP contribution in [0.2, 0.25) is 0 Å². The van der Waals surface area contributed by atoms with Gasteiger partial charge in [0.1, 0.15) is 0 Å². The molecule has 2 fully saturated rings. The Morgan fingerprint density at radius 3 is 2.44 bits per heavy atom. The fraction of sp³-hybridized carbons (Fsp3) is 0.579.